The van der Waals surface area contributed by atoms with Gasteiger partial charge in [-0.3, -0.25) is 9.67 Å². The molecule has 1 heterocycles. The molecule has 0 saturated heterocycles. The van der Waals surface area contributed by atoms with Crippen molar-refractivity contribution in [2.45, 2.75) is 39.3 Å². The van der Waals surface area contributed by atoms with Crippen LogP contribution in [0, 0.1) is 5.92 Å². The van der Waals surface area contributed by atoms with Crippen molar-refractivity contribution >= 4 is 29.9 Å². The Morgan fingerprint density at radius 1 is 1.43 bits per heavy atom. The van der Waals surface area contributed by atoms with E-state index in [1.165, 1.54) is 0 Å². The molecule has 0 aromatic carbocycles. The highest BCUT2D eigenvalue weighted by molar-refractivity contribution is 14.0. The van der Waals surface area contributed by atoms with Crippen molar-refractivity contribution in [3.8, 4) is 0 Å². The summed E-state index contributed by atoms with van der Waals surface area (Å²) < 4.78 is 1.96. The van der Waals surface area contributed by atoms with Gasteiger partial charge in [0.05, 0.1) is 0 Å². The maximum Gasteiger partial charge on any atom is 0.191 e. The monoisotopic (exact) mass is 403 g/mol. The Hall–Kier alpha value is -1.05. The van der Waals surface area contributed by atoms with E-state index in [0.717, 1.165) is 38.4 Å². The van der Waals surface area contributed by atoms with Gasteiger partial charge < -0.3 is 10.6 Å². The van der Waals surface area contributed by atoms with Gasteiger partial charge in [0.1, 0.15) is 0 Å². The molecule has 118 valence electrons. The Morgan fingerprint density at radius 2 is 2.19 bits per heavy atom. The molecule has 5 nitrogen and oxygen atoms in total. The molecule has 1 aromatic heterocycles. The number of halogens is 1. The van der Waals surface area contributed by atoms with E-state index in [9.17, 15) is 0 Å². The second-order valence-corrected chi connectivity index (χ2v) is 5.34. The first-order valence-corrected chi connectivity index (χ1v) is 7.45. The third-order valence-electron chi connectivity index (χ3n) is 3.31. The topological polar surface area (TPSA) is 54.2 Å². The zero-order chi connectivity index (χ0) is 14.2. The molecule has 0 fully saturated rings. The van der Waals surface area contributed by atoms with Gasteiger partial charge in [0.2, 0.25) is 0 Å². The molecule has 1 aromatic rings. The Labute approximate surface area is 144 Å². The molecule has 1 aliphatic carbocycles. The predicted molar refractivity (Wildman–Crippen MR) is 98.1 cm³/mol. The summed E-state index contributed by atoms with van der Waals surface area (Å²) in [6.45, 7) is 6.89. The van der Waals surface area contributed by atoms with E-state index in [1.54, 1.807) is 0 Å². The molecule has 1 unspecified atom stereocenters. The standard InChI is InChI=1S/C15H25N5.HI/c1-3-16-15(19-14-7-4-5-8-14)17-11-13(2)12-20-10-6-9-18-20;/h4-6,9-10,13-14H,3,7-8,11-12H2,1-2H3,(H2,16,17,19);1H. The van der Waals surface area contributed by atoms with E-state index in [1.807, 2.05) is 23.1 Å². The number of hydrogen-bond acceptors (Lipinski definition) is 2. The lowest BCUT2D eigenvalue weighted by Gasteiger charge is -2.17. The van der Waals surface area contributed by atoms with Gasteiger partial charge in [-0.05, 0) is 31.7 Å². The number of rotatable bonds is 6. The second kappa shape index (κ2) is 9.81. The summed E-state index contributed by atoms with van der Waals surface area (Å²) in [5, 5.41) is 11.0. The molecule has 0 amide bonds. The molecule has 6 heteroatoms. The number of aliphatic imine (C=N–C) groups is 1. The van der Waals surface area contributed by atoms with Crippen LogP contribution in [0.25, 0.3) is 0 Å². The summed E-state index contributed by atoms with van der Waals surface area (Å²) in [6, 6.07) is 2.45. The second-order valence-electron chi connectivity index (χ2n) is 5.34. The van der Waals surface area contributed by atoms with E-state index in [-0.39, 0.29) is 24.0 Å². The van der Waals surface area contributed by atoms with Crippen LogP contribution in [-0.4, -0.2) is 34.9 Å². The third kappa shape index (κ3) is 6.50. The fourth-order valence-electron chi connectivity index (χ4n) is 2.28. The minimum absolute atomic E-state index is 0. The number of nitrogens with one attached hydrogen (secondary N) is 2. The summed E-state index contributed by atoms with van der Waals surface area (Å²) >= 11 is 0. The van der Waals surface area contributed by atoms with Gasteiger partial charge in [0.15, 0.2) is 5.96 Å². The van der Waals surface area contributed by atoms with Crippen molar-refractivity contribution in [3.05, 3.63) is 30.6 Å². The zero-order valence-electron chi connectivity index (χ0n) is 12.8. The van der Waals surface area contributed by atoms with Crippen molar-refractivity contribution in [1.82, 2.24) is 20.4 Å². The first-order valence-electron chi connectivity index (χ1n) is 7.45. The summed E-state index contributed by atoms with van der Waals surface area (Å²) in [4.78, 5) is 4.68. The maximum atomic E-state index is 4.68. The average molecular weight is 403 g/mol. The predicted octanol–water partition coefficient (Wildman–Crippen LogP) is 2.41. The average Bonchev–Trinajstić information content (AvgIpc) is 3.09. The van der Waals surface area contributed by atoms with Crippen LogP contribution in [-0.2, 0) is 6.54 Å². The number of aromatic nitrogens is 2. The Bertz CT molecular complexity index is 433. The van der Waals surface area contributed by atoms with E-state index < -0.39 is 0 Å². The van der Waals surface area contributed by atoms with E-state index in [0.29, 0.717) is 12.0 Å². The van der Waals surface area contributed by atoms with Gasteiger partial charge in [-0.15, -0.1) is 24.0 Å². The molecular weight excluding hydrogens is 377 g/mol. The normalized spacial score (nSPS) is 16.6. The van der Waals surface area contributed by atoms with Crippen LogP contribution in [0.3, 0.4) is 0 Å². The number of hydrogen-bond donors (Lipinski definition) is 2. The Kier molecular flexibility index (Phi) is 8.41. The van der Waals surface area contributed by atoms with Gasteiger partial charge in [-0.25, -0.2) is 0 Å². The lowest BCUT2D eigenvalue weighted by Crippen LogP contribution is -2.42. The van der Waals surface area contributed by atoms with Crippen LogP contribution in [0.15, 0.2) is 35.6 Å². The fraction of sp³-hybridized carbons (Fsp3) is 0.600. The van der Waals surface area contributed by atoms with Gasteiger partial charge in [0.25, 0.3) is 0 Å². The highest BCUT2D eigenvalue weighted by Crippen LogP contribution is 2.08. The largest absolute Gasteiger partial charge is 0.357 e. The van der Waals surface area contributed by atoms with Crippen molar-refractivity contribution in [1.29, 1.82) is 0 Å². The minimum Gasteiger partial charge on any atom is -0.357 e. The summed E-state index contributed by atoms with van der Waals surface area (Å²) in [7, 11) is 0. The lowest BCUT2D eigenvalue weighted by molar-refractivity contribution is 0.457. The third-order valence-corrected chi connectivity index (χ3v) is 3.31. The van der Waals surface area contributed by atoms with E-state index in [4.69, 9.17) is 0 Å². The van der Waals surface area contributed by atoms with Crippen molar-refractivity contribution in [2.24, 2.45) is 10.9 Å². The summed E-state index contributed by atoms with van der Waals surface area (Å²) in [5.41, 5.74) is 0. The molecule has 1 aliphatic rings. The molecular formula is C15H26IN5. The SMILES string of the molecule is CCNC(=NCC(C)Cn1cccn1)NC1CC=CC1.I. The fourth-order valence-corrected chi connectivity index (χ4v) is 2.28. The van der Waals surface area contributed by atoms with Crippen LogP contribution >= 0.6 is 24.0 Å². The van der Waals surface area contributed by atoms with Crippen LogP contribution in [0.1, 0.15) is 26.7 Å². The lowest BCUT2D eigenvalue weighted by atomic mass is 10.2. The van der Waals surface area contributed by atoms with E-state index in [2.05, 4.69) is 46.7 Å². The van der Waals surface area contributed by atoms with Crippen LogP contribution in [0.4, 0.5) is 0 Å². The molecule has 0 spiro atoms. The highest BCUT2D eigenvalue weighted by Gasteiger charge is 2.12. The summed E-state index contributed by atoms with van der Waals surface area (Å²) in [6.07, 6.45) is 10.4. The molecule has 0 aliphatic heterocycles. The first kappa shape index (κ1) is 18.0. The zero-order valence-corrected chi connectivity index (χ0v) is 15.2. The van der Waals surface area contributed by atoms with Crippen LogP contribution < -0.4 is 10.6 Å². The quantitative estimate of drug-likeness (QED) is 0.332. The Balaban J connectivity index is 0.00000220. The minimum atomic E-state index is 0. The van der Waals surface area contributed by atoms with Crippen molar-refractivity contribution < 1.29 is 0 Å². The molecule has 21 heavy (non-hydrogen) atoms. The van der Waals surface area contributed by atoms with Gasteiger partial charge in [-0.2, -0.15) is 5.10 Å². The van der Waals surface area contributed by atoms with Crippen molar-refractivity contribution in [3.63, 3.8) is 0 Å². The van der Waals surface area contributed by atoms with Crippen LogP contribution in [0.2, 0.25) is 0 Å². The molecule has 0 saturated carbocycles. The molecule has 2 N–H and O–H groups in total. The summed E-state index contributed by atoms with van der Waals surface area (Å²) in [5.74, 6) is 1.39. The van der Waals surface area contributed by atoms with Gasteiger partial charge in [0, 0.05) is 38.1 Å². The van der Waals surface area contributed by atoms with Crippen LogP contribution in [0.5, 0.6) is 0 Å². The molecule has 0 radical (unpaired) electrons. The smallest absolute Gasteiger partial charge is 0.191 e. The molecule has 1 atom stereocenters. The maximum absolute atomic E-state index is 4.68. The van der Waals surface area contributed by atoms with Gasteiger partial charge in [-0.1, -0.05) is 19.1 Å². The van der Waals surface area contributed by atoms with Gasteiger partial charge >= 0.3 is 0 Å². The Morgan fingerprint density at radius 3 is 2.81 bits per heavy atom. The number of guanidine groups is 1. The molecule has 2 rings (SSSR count). The number of nitrogens with zero attached hydrogens (tertiary/aromatic N) is 3. The molecule has 0 bridgehead atoms. The highest BCUT2D eigenvalue weighted by atomic mass is 127. The van der Waals surface area contributed by atoms with Crippen molar-refractivity contribution in [2.75, 3.05) is 13.1 Å². The van der Waals surface area contributed by atoms with E-state index >= 15 is 0 Å². The first-order chi connectivity index (χ1) is 9.78.